The number of benzene rings is 2. The number of rotatable bonds is 8. The van der Waals surface area contributed by atoms with Gasteiger partial charge in [-0.25, -0.2) is 0 Å². The van der Waals surface area contributed by atoms with Gasteiger partial charge in [-0.1, -0.05) is 36.4 Å². The van der Waals surface area contributed by atoms with E-state index in [-0.39, 0.29) is 24.5 Å². The second-order valence-electron chi connectivity index (χ2n) is 7.91. The molecule has 2 amide bonds. The molecule has 0 spiro atoms. The van der Waals surface area contributed by atoms with Gasteiger partial charge < -0.3 is 15.0 Å². The normalized spacial score (nSPS) is 17.9. The molecular weight excluding hydrogens is 378 g/mol. The molecule has 0 aliphatic carbocycles. The molecule has 2 aliphatic heterocycles. The Balaban J connectivity index is 1.31. The Morgan fingerprint density at radius 2 is 1.80 bits per heavy atom. The monoisotopic (exact) mass is 407 g/mol. The van der Waals surface area contributed by atoms with Crippen molar-refractivity contribution < 1.29 is 14.3 Å². The zero-order chi connectivity index (χ0) is 20.8. The van der Waals surface area contributed by atoms with E-state index in [9.17, 15) is 9.59 Å². The van der Waals surface area contributed by atoms with Gasteiger partial charge in [-0.15, -0.1) is 0 Å². The van der Waals surface area contributed by atoms with Crippen molar-refractivity contribution >= 4 is 17.5 Å². The summed E-state index contributed by atoms with van der Waals surface area (Å²) in [6.07, 6.45) is 3.88. The van der Waals surface area contributed by atoms with E-state index in [1.807, 2.05) is 42.5 Å². The van der Waals surface area contributed by atoms with Crippen LogP contribution in [0.25, 0.3) is 0 Å². The summed E-state index contributed by atoms with van der Waals surface area (Å²) in [5.74, 6) is 0.595. The average molecular weight is 408 g/mol. The topological polar surface area (TPSA) is 61.9 Å². The Morgan fingerprint density at radius 3 is 2.53 bits per heavy atom. The van der Waals surface area contributed by atoms with Gasteiger partial charge in [0.05, 0.1) is 6.04 Å². The van der Waals surface area contributed by atoms with Crippen LogP contribution in [0.15, 0.2) is 54.6 Å². The number of nitrogens with one attached hydrogen (secondary N) is 1. The fourth-order valence-corrected chi connectivity index (χ4v) is 4.26. The standard InChI is InChI=1S/C24H29N3O3/c28-23(18-30-21-11-6-10-20(16-21)27-15-7-12-24(27)29)25-17-22(26-13-4-5-14-26)19-8-2-1-3-9-19/h1-3,6,8-11,16,22H,4-5,7,12-15,17-18H2,(H,25,28). The van der Waals surface area contributed by atoms with E-state index >= 15 is 0 Å². The van der Waals surface area contributed by atoms with E-state index in [4.69, 9.17) is 4.74 Å². The molecule has 6 heteroatoms. The molecule has 6 nitrogen and oxygen atoms in total. The maximum atomic E-state index is 12.4. The molecule has 0 radical (unpaired) electrons. The third-order valence-electron chi connectivity index (χ3n) is 5.83. The minimum absolute atomic E-state index is 0.0427. The highest BCUT2D eigenvalue weighted by Gasteiger charge is 2.24. The van der Waals surface area contributed by atoms with E-state index in [1.165, 1.54) is 18.4 Å². The smallest absolute Gasteiger partial charge is 0.258 e. The second-order valence-corrected chi connectivity index (χ2v) is 7.91. The van der Waals surface area contributed by atoms with Crippen LogP contribution in [0.2, 0.25) is 0 Å². The van der Waals surface area contributed by atoms with Crippen LogP contribution in [0.5, 0.6) is 5.75 Å². The first-order valence-corrected chi connectivity index (χ1v) is 10.8. The van der Waals surface area contributed by atoms with Gasteiger partial charge in [-0.2, -0.15) is 0 Å². The average Bonchev–Trinajstić information content (AvgIpc) is 3.45. The predicted molar refractivity (Wildman–Crippen MR) is 117 cm³/mol. The number of likely N-dealkylation sites (tertiary alicyclic amines) is 1. The van der Waals surface area contributed by atoms with Crippen LogP contribution >= 0.6 is 0 Å². The van der Waals surface area contributed by atoms with E-state index in [1.54, 1.807) is 4.90 Å². The van der Waals surface area contributed by atoms with Crippen molar-refractivity contribution in [3.05, 3.63) is 60.2 Å². The van der Waals surface area contributed by atoms with Crippen LogP contribution in [0.1, 0.15) is 37.3 Å². The molecule has 0 aromatic heterocycles. The summed E-state index contributed by atoms with van der Waals surface area (Å²) in [7, 11) is 0. The molecule has 30 heavy (non-hydrogen) atoms. The molecule has 2 aromatic rings. The van der Waals surface area contributed by atoms with E-state index in [0.29, 0.717) is 18.7 Å². The summed E-state index contributed by atoms with van der Waals surface area (Å²) in [4.78, 5) is 28.6. The van der Waals surface area contributed by atoms with Crippen molar-refractivity contribution in [1.82, 2.24) is 10.2 Å². The van der Waals surface area contributed by atoms with Gasteiger partial charge in [0.2, 0.25) is 5.91 Å². The summed E-state index contributed by atoms with van der Waals surface area (Å²) in [5.41, 5.74) is 2.05. The van der Waals surface area contributed by atoms with Gasteiger partial charge in [-0.05, 0) is 50.0 Å². The molecule has 1 N–H and O–H groups in total. The quantitative estimate of drug-likeness (QED) is 0.730. The molecule has 4 rings (SSSR count). The lowest BCUT2D eigenvalue weighted by Gasteiger charge is -2.28. The number of carbonyl (C=O) groups is 2. The van der Waals surface area contributed by atoms with Gasteiger partial charge in [0.15, 0.2) is 6.61 Å². The van der Waals surface area contributed by atoms with E-state index in [0.717, 1.165) is 31.7 Å². The summed E-state index contributed by atoms with van der Waals surface area (Å²) in [5, 5.41) is 3.04. The lowest BCUT2D eigenvalue weighted by atomic mass is 10.1. The van der Waals surface area contributed by atoms with Crippen LogP contribution in [-0.4, -0.2) is 49.5 Å². The fourth-order valence-electron chi connectivity index (χ4n) is 4.26. The molecule has 0 saturated carbocycles. The first-order valence-electron chi connectivity index (χ1n) is 10.8. The van der Waals surface area contributed by atoms with Gasteiger partial charge in [0.25, 0.3) is 5.91 Å². The first kappa shape index (κ1) is 20.4. The van der Waals surface area contributed by atoms with Crippen molar-refractivity contribution in [3.8, 4) is 5.75 Å². The number of ether oxygens (including phenoxy) is 1. The Kier molecular flexibility index (Phi) is 6.64. The van der Waals surface area contributed by atoms with Crippen LogP contribution < -0.4 is 15.0 Å². The molecular formula is C24H29N3O3. The highest BCUT2D eigenvalue weighted by Crippen LogP contribution is 2.26. The molecule has 1 atom stereocenters. The molecule has 1 unspecified atom stereocenters. The SMILES string of the molecule is O=C(COc1cccc(N2CCCC2=O)c1)NCC(c1ccccc1)N1CCCC1. The summed E-state index contributed by atoms with van der Waals surface area (Å²) < 4.78 is 5.70. The number of carbonyl (C=O) groups excluding carboxylic acids is 2. The number of amides is 2. The van der Waals surface area contributed by atoms with Gasteiger partial charge in [-0.3, -0.25) is 14.5 Å². The first-order chi connectivity index (χ1) is 14.7. The van der Waals surface area contributed by atoms with Crippen molar-refractivity contribution in [2.45, 2.75) is 31.7 Å². The lowest BCUT2D eigenvalue weighted by Crippen LogP contribution is -2.38. The minimum Gasteiger partial charge on any atom is -0.484 e. The van der Waals surface area contributed by atoms with Crippen LogP contribution in [0.3, 0.4) is 0 Å². The van der Waals surface area contributed by atoms with Gasteiger partial charge in [0, 0.05) is 31.3 Å². The zero-order valence-electron chi connectivity index (χ0n) is 17.3. The lowest BCUT2D eigenvalue weighted by molar-refractivity contribution is -0.123. The number of nitrogens with zero attached hydrogens (tertiary/aromatic N) is 2. The predicted octanol–water partition coefficient (Wildman–Crippen LogP) is 3.15. The third-order valence-corrected chi connectivity index (χ3v) is 5.83. The summed E-state index contributed by atoms with van der Waals surface area (Å²) in [6, 6.07) is 17.9. The largest absolute Gasteiger partial charge is 0.484 e. The highest BCUT2D eigenvalue weighted by molar-refractivity contribution is 5.95. The van der Waals surface area contributed by atoms with Crippen LogP contribution in [-0.2, 0) is 9.59 Å². The maximum absolute atomic E-state index is 12.4. The van der Waals surface area contributed by atoms with Crippen molar-refractivity contribution in [2.24, 2.45) is 0 Å². The minimum atomic E-state index is -0.141. The Hall–Kier alpha value is -2.86. The van der Waals surface area contributed by atoms with Crippen LogP contribution in [0, 0.1) is 0 Å². The van der Waals surface area contributed by atoms with Gasteiger partial charge in [0.1, 0.15) is 5.75 Å². The molecule has 2 saturated heterocycles. The van der Waals surface area contributed by atoms with Gasteiger partial charge >= 0.3 is 0 Å². The van der Waals surface area contributed by atoms with E-state index in [2.05, 4.69) is 22.3 Å². The van der Waals surface area contributed by atoms with Crippen molar-refractivity contribution in [1.29, 1.82) is 0 Å². The van der Waals surface area contributed by atoms with Crippen molar-refractivity contribution in [2.75, 3.05) is 37.7 Å². The Labute approximate surface area is 177 Å². The molecule has 2 fully saturated rings. The number of hydrogen-bond donors (Lipinski definition) is 1. The second kappa shape index (κ2) is 9.76. The molecule has 2 aliphatic rings. The zero-order valence-corrected chi connectivity index (χ0v) is 17.3. The fraction of sp³-hybridized carbons (Fsp3) is 0.417. The molecule has 158 valence electrons. The molecule has 2 heterocycles. The highest BCUT2D eigenvalue weighted by atomic mass is 16.5. The van der Waals surface area contributed by atoms with Crippen molar-refractivity contribution in [3.63, 3.8) is 0 Å². The maximum Gasteiger partial charge on any atom is 0.258 e. The third kappa shape index (κ3) is 5.00. The summed E-state index contributed by atoms with van der Waals surface area (Å²) >= 11 is 0. The molecule has 0 bridgehead atoms. The number of hydrogen-bond acceptors (Lipinski definition) is 4. The Morgan fingerprint density at radius 1 is 1.00 bits per heavy atom. The molecule has 2 aromatic carbocycles. The number of anilines is 1. The van der Waals surface area contributed by atoms with E-state index < -0.39 is 0 Å². The van der Waals surface area contributed by atoms with Crippen LogP contribution in [0.4, 0.5) is 5.69 Å². The Bertz CT molecular complexity index is 865. The summed E-state index contributed by atoms with van der Waals surface area (Å²) in [6.45, 7) is 3.38.